The molecule has 62 heavy (non-hydrogen) atoms. The fourth-order valence-corrected chi connectivity index (χ4v) is 9.30. The summed E-state index contributed by atoms with van der Waals surface area (Å²) in [6.07, 6.45) is 0.328. The van der Waals surface area contributed by atoms with Crippen LogP contribution in [0.3, 0.4) is 0 Å². The van der Waals surface area contributed by atoms with Crippen LogP contribution in [-0.2, 0) is 26.5 Å². The number of nitrogens with zero attached hydrogens (tertiary/aromatic N) is 3. The van der Waals surface area contributed by atoms with Crippen molar-refractivity contribution in [3.8, 4) is 50.6 Å². The Hall–Kier alpha value is -6.17. The van der Waals surface area contributed by atoms with Crippen molar-refractivity contribution < 1.29 is 31.4 Å². The maximum absolute atomic E-state index is 8.59. The van der Waals surface area contributed by atoms with E-state index in [9.17, 15) is 0 Å². The number of hydrogen-bond acceptors (Lipinski definition) is 3. The Kier molecular flexibility index (Phi) is 10.6. The van der Waals surface area contributed by atoms with Crippen molar-refractivity contribution in [1.82, 2.24) is 14.5 Å². The van der Waals surface area contributed by atoms with Crippen LogP contribution >= 0.6 is 0 Å². The summed E-state index contributed by atoms with van der Waals surface area (Å²) in [7, 11) is -1.78. The fourth-order valence-electron chi connectivity index (χ4n) is 7.90. The number of aryl methyl sites for hydroxylation is 1. The van der Waals surface area contributed by atoms with Gasteiger partial charge in [0.05, 0.1) is 30.5 Å². The zero-order chi connectivity index (χ0) is 46.4. The van der Waals surface area contributed by atoms with Crippen molar-refractivity contribution >= 4 is 46.2 Å². The van der Waals surface area contributed by atoms with E-state index < -0.39 is 21.3 Å². The van der Waals surface area contributed by atoms with Gasteiger partial charge < -0.3 is 14.0 Å². The summed E-state index contributed by atoms with van der Waals surface area (Å²) in [6, 6.07) is 61.3. The molecule has 10 aromatic rings. The molecule has 4 nitrogen and oxygen atoms in total. The van der Waals surface area contributed by atoms with E-state index in [1.54, 1.807) is 18.3 Å². The normalized spacial score (nSPS) is 13.1. The summed E-state index contributed by atoms with van der Waals surface area (Å²) in [5.74, 6) is 0.628. The molecular weight excluding hydrogens is 951 g/mol. The molecule has 0 aliphatic heterocycles. The summed E-state index contributed by atoms with van der Waals surface area (Å²) in [4.78, 5) is 9.73. The summed E-state index contributed by atoms with van der Waals surface area (Å²) >= 11 is 0. The maximum atomic E-state index is 8.59. The second kappa shape index (κ2) is 18.0. The van der Waals surface area contributed by atoms with Gasteiger partial charge in [0.25, 0.3) is 0 Å². The molecule has 309 valence electrons. The van der Waals surface area contributed by atoms with Gasteiger partial charge in [-0.1, -0.05) is 166 Å². The first-order chi connectivity index (χ1) is 31.6. The molecule has 6 heteroatoms. The van der Waals surface area contributed by atoms with Gasteiger partial charge in [-0.05, 0) is 64.1 Å². The van der Waals surface area contributed by atoms with E-state index in [0.29, 0.717) is 16.8 Å². The van der Waals surface area contributed by atoms with E-state index in [1.165, 1.54) is 11.6 Å². The van der Waals surface area contributed by atoms with Crippen molar-refractivity contribution in [1.29, 1.82) is 0 Å². The Morgan fingerprint density at radius 1 is 0.742 bits per heavy atom. The van der Waals surface area contributed by atoms with Gasteiger partial charge in [0.15, 0.2) is 0 Å². The van der Waals surface area contributed by atoms with Crippen LogP contribution in [0.15, 0.2) is 174 Å². The molecule has 0 amide bonds. The van der Waals surface area contributed by atoms with Crippen molar-refractivity contribution in [3.63, 3.8) is 0 Å². The van der Waals surface area contributed by atoms with Crippen LogP contribution in [0.25, 0.3) is 83.6 Å². The van der Waals surface area contributed by atoms with E-state index in [2.05, 4.69) is 144 Å². The molecule has 0 N–H and O–H groups in total. The number of benzene rings is 7. The number of aromatic nitrogens is 3. The Balaban J connectivity index is 0.000000197. The minimum absolute atomic E-state index is 0. The van der Waals surface area contributed by atoms with Crippen LogP contribution in [0.1, 0.15) is 31.8 Å². The Morgan fingerprint density at radius 2 is 1.47 bits per heavy atom. The predicted octanol–water partition coefficient (Wildman–Crippen LogP) is 14.3. The van der Waals surface area contributed by atoms with Crippen LogP contribution in [0, 0.1) is 24.9 Å². The zero-order valence-electron chi connectivity index (χ0n) is 40.3. The minimum Gasteiger partial charge on any atom is -0.501 e. The molecule has 0 bridgehead atoms. The standard InChI is InChI=1S/C37H23N2O.C19H26NSi.Ir/c1-3-12-25(13-4-1)27-22-23-28(26-14-5-2-6-15-26)34(24-27)39-33-20-9-8-19-32(33)38-37(39)31-18-11-17-30-29-16-7-10-21-35(29)40-36(30)31;1-14(2)11-17-12-18(16-9-7-15(3)8-10-16)20-13-19(17)21(4,5)6;/h1-17,19-24H;7-9,12-14H,11H2,1-6H3;/q2*-1;/i;3D3,11D2;. The van der Waals surface area contributed by atoms with Gasteiger partial charge in [-0.15, -0.1) is 53.6 Å². The van der Waals surface area contributed by atoms with Crippen LogP contribution in [0.4, 0.5) is 0 Å². The van der Waals surface area contributed by atoms with Gasteiger partial charge in [-0.3, -0.25) is 4.98 Å². The molecule has 0 aliphatic carbocycles. The molecule has 0 spiro atoms. The first kappa shape index (κ1) is 36.5. The average molecular weight is 1010 g/mol. The van der Waals surface area contributed by atoms with Crippen LogP contribution in [-0.4, -0.2) is 22.6 Å². The van der Waals surface area contributed by atoms with Gasteiger partial charge >= 0.3 is 0 Å². The molecule has 0 fully saturated rings. The first-order valence-corrected chi connectivity index (χ1v) is 24.2. The van der Waals surface area contributed by atoms with Crippen LogP contribution in [0.2, 0.25) is 19.6 Å². The van der Waals surface area contributed by atoms with Crippen LogP contribution < -0.4 is 5.19 Å². The van der Waals surface area contributed by atoms with Crippen molar-refractivity contribution in [2.45, 2.75) is 46.7 Å². The van der Waals surface area contributed by atoms with E-state index in [-0.39, 0.29) is 31.6 Å². The summed E-state index contributed by atoms with van der Waals surface area (Å²) in [6.45, 7) is 8.14. The quantitative estimate of drug-likeness (QED) is 0.113. The molecule has 7 aromatic carbocycles. The molecule has 0 unspecified atom stereocenters. The Morgan fingerprint density at radius 3 is 2.19 bits per heavy atom. The van der Waals surface area contributed by atoms with Gasteiger partial charge in [0, 0.05) is 49.8 Å². The topological polar surface area (TPSA) is 43.9 Å². The first-order valence-electron chi connectivity index (χ1n) is 23.2. The summed E-state index contributed by atoms with van der Waals surface area (Å²) < 4.78 is 48.3. The molecule has 1 radical (unpaired) electrons. The summed E-state index contributed by atoms with van der Waals surface area (Å²) in [5.41, 5.74) is 12.3. The molecule has 10 rings (SSSR count). The minimum atomic E-state index is -2.16. The SMILES string of the molecule is [2H]C([2H])([2H])c1c[c-]c(-c2cc(C([2H])([2H])C(C)C)c([Si](C)(C)C)cn2)cc1.[Ir].[c-]1ccc2c(oc3ccccc32)c1-c1nc2ccccc2n1-c1cc(-c2ccccc2)ccc1-c1ccccc1. The number of pyridine rings is 1. The van der Waals surface area contributed by atoms with E-state index >= 15 is 0 Å². The largest absolute Gasteiger partial charge is 0.501 e. The van der Waals surface area contributed by atoms with Gasteiger partial charge in [0.2, 0.25) is 0 Å². The van der Waals surface area contributed by atoms with Gasteiger partial charge in [-0.2, -0.15) is 0 Å². The third-order valence-electron chi connectivity index (χ3n) is 10.8. The Labute approximate surface area is 386 Å². The number of imidazole rings is 1. The molecule has 0 saturated heterocycles. The molecule has 0 aliphatic rings. The van der Waals surface area contributed by atoms with Crippen molar-refractivity contribution in [2.24, 2.45) is 5.92 Å². The van der Waals surface area contributed by atoms with Crippen molar-refractivity contribution in [3.05, 3.63) is 193 Å². The Bertz CT molecular complexity index is 3340. The molecule has 3 aromatic heterocycles. The number of furan rings is 1. The molecule has 3 heterocycles. The summed E-state index contributed by atoms with van der Waals surface area (Å²) in [5, 5.41) is 3.16. The van der Waals surface area contributed by atoms with Crippen LogP contribution in [0.5, 0.6) is 0 Å². The number of fused-ring (bicyclic) bond motifs is 4. The molecular formula is C56H49IrN3OSi-2. The number of hydrogen-bond donors (Lipinski definition) is 0. The van der Waals surface area contributed by atoms with Crippen molar-refractivity contribution in [2.75, 3.05) is 0 Å². The average Bonchev–Trinajstić information content (AvgIpc) is 3.90. The number of rotatable bonds is 8. The van der Waals surface area contributed by atoms with E-state index in [0.717, 1.165) is 71.9 Å². The maximum Gasteiger partial charge on any atom is 0.120 e. The zero-order valence-corrected chi connectivity index (χ0v) is 38.7. The second-order valence-corrected chi connectivity index (χ2v) is 21.6. The van der Waals surface area contributed by atoms with Gasteiger partial charge in [0.1, 0.15) is 5.58 Å². The number of para-hydroxylation sites is 3. The third-order valence-corrected chi connectivity index (χ3v) is 12.8. The predicted molar refractivity (Wildman–Crippen MR) is 258 cm³/mol. The fraction of sp³-hybridized carbons (Fsp3) is 0.143. The third kappa shape index (κ3) is 8.64. The molecule has 0 atom stereocenters. The van der Waals surface area contributed by atoms with E-state index in [4.69, 9.17) is 16.3 Å². The molecule has 0 saturated carbocycles. The smallest absolute Gasteiger partial charge is 0.120 e. The van der Waals surface area contributed by atoms with E-state index in [1.807, 2.05) is 56.3 Å². The second-order valence-electron chi connectivity index (χ2n) is 16.6. The van der Waals surface area contributed by atoms with Gasteiger partial charge in [-0.25, -0.2) is 0 Å². The monoisotopic (exact) mass is 1010 g/mol.